The third-order valence-corrected chi connectivity index (χ3v) is 8.29. The summed E-state index contributed by atoms with van der Waals surface area (Å²) in [5.41, 5.74) is 4.46. The molecule has 0 aliphatic carbocycles. The number of aryl methyl sites for hydroxylation is 1. The molecule has 10 heteroatoms. The average molecular weight is 588 g/mol. The number of aromatic nitrogens is 1. The molecule has 2 saturated heterocycles. The van der Waals surface area contributed by atoms with Crippen LogP contribution in [0.5, 0.6) is 0 Å². The summed E-state index contributed by atoms with van der Waals surface area (Å²) >= 11 is 6.12. The molecular weight excluding hydrogens is 554 g/mol. The van der Waals surface area contributed by atoms with Crippen molar-refractivity contribution < 1.29 is 19.2 Å². The number of halogens is 1. The number of nitrogens with one attached hydrogen (secondary N) is 2. The van der Waals surface area contributed by atoms with Gasteiger partial charge in [-0.25, -0.2) is 4.98 Å². The van der Waals surface area contributed by atoms with Gasteiger partial charge in [-0.05, 0) is 85.2 Å². The molecule has 42 heavy (non-hydrogen) atoms. The minimum atomic E-state index is -0.695. The van der Waals surface area contributed by atoms with Gasteiger partial charge in [0.15, 0.2) is 0 Å². The van der Waals surface area contributed by atoms with Crippen LogP contribution in [-0.2, 0) is 25.7 Å². The number of amides is 4. The predicted molar refractivity (Wildman–Crippen MR) is 162 cm³/mol. The number of carbonyl (C=O) groups is 4. The Morgan fingerprint density at radius 3 is 2.60 bits per heavy atom. The van der Waals surface area contributed by atoms with Gasteiger partial charge in [-0.2, -0.15) is 0 Å². The molecule has 0 saturated carbocycles. The number of benzene rings is 2. The molecule has 3 heterocycles. The lowest BCUT2D eigenvalue weighted by Crippen LogP contribution is -2.51. The number of carbonyl (C=O) groups excluding carboxylic acids is 4. The fourth-order valence-corrected chi connectivity index (χ4v) is 5.78. The summed E-state index contributed by atoms with van der Waals surface area (Å²) < 4.78 is 0. The lowest BCUT2D eigenvalue weighted by Gasteiger charge is -2.32. The summed E-state index contributed by atoms with van der Waals surface area (Å²) in [6.07, 6.45) is 5.21. The number of imide groups is 1. The minimum Gasteiger partial charge on any atom is -0.357 e. The molecule has 2 aromatic carbocycles. The van der Waals surface area contributed by atoms with E-state index in [9.17, 15) is 19.2 Å². The quantitative estimate of drug-likeness (QED) is 0.277. The highest BCUT2D eigenvalue weighted by molar-refractivity contribution is 6.30. The first-order valence-electron chi connectivity index (χ1n) is 14.2. The molecule has 1 atom stereocenters. The fraction of sp³-hybridized carbons (Fsp3) is 0.344. The van der Waals surface area contributed by atoms with E-state index < -0.39 is 11.9 Å². The molecule has 1 unspecified atom stereocenters. The summed E-state index contributed by atoms with van der Waals surface area (Å²) in [4.78, 5) is 56.8. The molecule has 4 amide bonds. The molecule has 2 fully saturated rings. The average Bonchev–Trinajstić information content (AvgIpc) is 2.98. The molecule has 0 radical (unpaired) electrons. The van der Waals surface area contributed by atoms with Crippen LogP contribution in [0.15, 0.2) is 60.8 Å². The van der Waals surface area contributed by atoms with Crippen LogP contribution in [-0.4, -0.2) is 53.1 Å². The second kappa shape index (κ2) is 13.2. The third kappa shape index (κ3) is 7.15. The molecular formula is C32H34ClN5O4. The molecule has 2 aliphatic rings. The van der Waals surface area contributed by atoms with E-state index in [1.807, 2.05) is 61.7 Å². The van der Waals surface area contributed by atoms with Gasteiger partial charge in [0.1, 0.15) is 11.9 Å². The highest BCUT2D eigenvalue weighted by Crippen LogP contribution is 2.28. The lowest BCUT2D eigenvalue weighted by molar-refractivity contribution is -0.141. The van der Waals surface area contributed by atoms with E-state index in [1.165, 1.54) is 4.90 Å². The highest BCUT2D eigenvalue weighted by Gasteiger charge is 2.31. The first-order valence-corrected chi connectivity index (χ1v) is 14.6. The SMILES string of the molecule is Cc1ccc(NC(=O)CC2CCN(c3ccc(-c4cccc(Cl)c4)cn3)CC2)cc1CN(C=O)C1CCC(=O)NC1=O. The zero-order valence-electron chi connectivity index (χ0n) is 23.5. The fourth-order valence-electron chi connectivity index (χ4n) is 5.59. The number of nitrogens with zero attached hydrogens (tertiary/aromatic N) is 3. The Morgan fingerprint density at radius 1 is 1.10 bits per heavy atom. The predicted octanol–water partition coefficient (Wildman–Crippen LogP) is 4.72. The van der Waals surface area contributed by atoms with Crippen molar-refractivity contribution in [2.75, 3.05) is 23.3 Å². The summed E-state index contributed by atoms with van der Waals surface area (Å²) in [6, 6.07) is 16.7. The van der Waals surface area contributed by atoms with E-state index in [0.717, 1.165) is 54.0 Å². The molecule has 3 aromatic rings. The van der Waals surface area contributed by atoms with Crippen LogP contribution in [0, 0.1) is 12.8 Å². The van der Waals surface area contributed by atoms with E-state index >= 15 is 0 Å². The van der Waals surface area contributed by atoms with Crippen molar-refractivity contribution in [1.29, 1.82) is 0 Å². The number of anilines is 2. The molecule has 2 aliphatic heterocycles. The van der Waals surface area contributed by atoms with E-state index in [-0.39, 0.29) is 30.7 Å². The largest absolute Gasteiger partial charge is 0.357 e. The minimum absolute atomic E-state index is 0.0512. The lowest BCUT2D eigenvalue weighted by atomic mass is 9.93. The van der Waals surface area contributed by atoms with Gasteiger partial charge in [0.05, 0.1) is 0 Å². The first kappa shape index (κ1) is 29.3. The smallest absolute Gasteiger partial charge is 0.249 e. The van der Waals surface area contributed by atoms with Gasteiger partial charge in [0, 0.05) is 54.9 Å². The first-order chi connectivity index (χ1) is 20.3. The molecule has 0 bridgehead atoms. The number of piperidine rings is 2. The zero-order chi connectivity index (χ0) is 29.6. The second-order valence-electron chi connectivity index (χ2n) is 11.0. The molecule has 2 N–H and O–H groups in total. The highest BCUT2D eigenvalue weighted by atomic mass is 35.5. The normalized spacial score (nSPS) is 17.5. The topological polar surface area (TPSA) is 112 Å². The van der Waals surface area contributed by atoms with Crippen LogP contribution >= 0.6 is 11.6 Å². The second-order valence-corrected chi connectivity index (χ2v) is 11.4. The van der Waals surface area contributed by atoms with Crippen LogP contribution in [0.3, 0.4) is 0 Å². The Hall–Kier alpha value is -4.24. The van der Waals surface area contributed by atoms with Crippen molar-refractivity contribution in [2.24, 2.45) is 5.92 Å². The van der Waals surface area contributed by atoms with Crippen molar-refractivity contribution in [1.82, 2.24) is 15.2 Å². The maximum absolute atomic E-state index is 12.9. The zero-order valence-corrected chi connectivity index (χ0v) is 24.3. The standard InChI is InChI=1S/C32H34ClN5O4/c1-21-5-7-27(17-25(21)19-38(20-39)28-8-10-30(40)36-32(28)42)35-31(41)15-22-11-13-37(14-12-22)29-9-6-24(18-34-29)23-3-2-4-26(33)16-23/h2-7,9,16-18,20,22,28H,8,10-15,19H2,1H3,(H,35,41)(H,36,40,42). The monoisotopic (exact) mass is 587 g/mol. The molecule has 1 aromatic heterocycles. The van der Waals surface area contributed by atoms with Crippen LogP contribution in [0.25, 0.3) is 11.1 Å². The number of rotatable bonds is 9. The van der Waals surface area contributed by atoms with Gasteiger partial charge in [-0.3, -0.25) is 24.5 Å². The van der Waals surface area contributed by atoms with Crippen LogP contribution in [0.2, 0.25) is 5.02 Å². The summed E-state index contributed by atoms with van der Waals surface area (Å²) in [6.45, 7) is 3.79. The Balaban J connectivity index is 1.12. The van der Waals surface area contributed by atoms with Crippen LogP contribution in [0.1, 0.15) is 43.2 Å². The van der Waals surface area contributed by atoms with E-state index in [2.05, 4.69) is 26.6 Å². The number of pyridine rings is 1. The summed E-state index contributed by atoms with van der Waals surface area (Å²) in [5.74, 6) is 0.364. The van der Waals surface area contributed by atoms with Gasteiger partial charge in [-0.1, -0.05) is 29.8 Å². The summed E-state index contributed by atoms with van der Waals surface area (Å²) in [5, 5.41) is 6.00. The van der Waals surface area contributed by atoms with Crippen molar-refractivity contribution in [2.45, 2.75) is 51.6 Å². The Morgan fingerprint density at radius 2 is 1.90 bits per heavy atom. The van der Waals surface area contributed by atoms with Gasteiger partial charge in [-0.15, -0.1) is 0 Å². The maximum atomic E-state index is 12.9. The van der Waals surface area contributed by atoms with Crippen molar-refractivity contribution >= 4 is 47.2 Å². The maximum Gasteiger partial charge on any atom is 0.249 e. The summed E-state index contributed by atoms with van der Waals surface area (Å²) in [7, 11) is 0. The molecule has 0 spiro atoms. The Bertz CT molecular complexity index is 1470. The molecule has 218 valence electrons. The van der Waals surface area contributed by atoms with Gasteiger partial charge in [0.25, 0.3) is 0 Å². The number of hydrogen-bond acceptors (Lipinski definition) is 6. The van der Waals surface area contributed by atoms with Crippen LogP contribution in [0.4, 0.5) is 11.5 Å². The van der Waals surface area contributed by atoms with E-state index in [4.69, 9.17) is 11.6 Å². The van der Waals surface area contributed by atoms with Crippen molar-refractivity contribution in [3.8, 4) is 11.1 Å². The van der Waals surface area contributed by atoms with Crippen LogP contribution < -0.4 is 15.5 Å². The number of hydrogen-bond donors (Lipinski definition) is 2. The van der Waals surface area contributed by atoms with Gasteiger partial charge >= 0.3 is 0 Å². The van der Waals surface area contributed by atoms with Gasteiger partial charge < -0.3 is 15.1 Å². The van der Waals surface area contributed by atoms with Gasteiger partial charge in [0.2, 0.25) is 24.1 Å². The van der Waals surface area contributed by atoms with Crippen molar-refractivity contribution in [3.05, 3.63) is 76.9 Å². The molecule has 9 nitrogen and oxygen atoms in total. The van der Waals surface area contributed by atoms with E-state index in [0.29, 0.717) is 30.0 Å². The van der Waals surface area contributed by atoms with E-state index in [1.54, 1.807) is 0 Å². The Kier molecular flexibility index (Phi) is 9.17. The Labute approximate surface area is 250 Å². The molecule has 5 rings (SSSR count). The van der Waals surface area contributed by atoms with Crippen molar-refractivity contribution in [3.63, 3.8) is 0 Å². The third-order valence-electron chi connectivity index (χ3n) is 8.05.